The minimum absolute atomic E-state index is 0.00328. The number of nitrogens with zero attached hydrogens (tertiary/aromatic N) is 1. The first-order valence-electron chi connectivity index (χ1n) is 7.13. The molecule has 1 amide bonds. The van der Waals surface area contributed by atoms with Crippen LogP contribution in [0.25, 0.3) is 0 Å². The van der Waals surface area contributed by atoms with Gasteiger partial charge in [0.1, 0.15) is 24.6 Å². The Balaban J connectivity index is 2.69. The molecule has 1 aliphatic heterocycles. The van der Waals surface area contributed by atoms with E-state index in [1.807, 2.05) is 6.92 Å². The van der Waals surface area contributed by atoms with E-state index in [1.54, 1.807) is 25.2 Å². The van der Waals surface area contributed by atoms with Crippen LogP contribution in [0.1, 0.15) is 26.7 Å². The molecule has 0 aliphatic carbocycles. The standard InChI is InChI=1S/C15H22N2O5/c1-3-5-10(15(16)20)7-4-6-9(2)14-13(19)12(17-21)11(8-18)22-14/h4-6,9,13-14,18-19H,3,7-8H2,1-2H3,(H2,16,20)/b6-4-,10-5+. The van der Waals surface area contributed by atoms with Crippen molar-refractivity contribution in [1.82, 2.24) is 0 Å². The molecule has 0 saturated carbocycles. The molecule has 1 heterocycles. The lowest BCUT2D eigenvalue weighted by Crippen LogP contribution is -2.29. The van der Waals surface area contributed by atoms with Crippen LogP contribution in [0.2, 0.25) is 0 Å². The summed E-state index contributed by atoms with van der Waals surface area (Å²) >= 11 is 0. The molecule has 3 atom stereocenters. The Labute approximate surface area is 129 Å². The van der Waals surface area contributed by atoms with Crippen molar-refractivity contribution in [2.45, 2.75) is 38.9 Å². The summed E-state index contributed by atoms with van der Waals surface area (Å²) in [7, 11) is 0. The predicted molar refractivity (Wildman–Crippen MR) is 81.3 cm³/mol. The van der Waals surface area contributed by atoms with Gasteiger partial charge in [-0.05, 0) is 18.0 Å². The van der Waals surface area contributed by atoms with Gasteiger partial charge in [0.15, 0.2) is 5.70 Å². The summed E-state index contributed by atoms with van der Waals surface area (Å²) in [6, 6.07) is 0. The fraction of sp³-hybridized carbons (Fsp3) is 0.533. The zero-order chi connectivity index (χ0) is 16.7. The van der Waals surface area contributed by atoms with E-state index >= 15 is 0 Å². The quantitative estimate of drug-likeness (QED) is 0.352. The number of nitroso groups, excluding NO2 is 1. The van der Waals surface area contributed by atoms with E-state index < -0.39 is 24.7 Å². The SMILES string of the molecule is CC/C=C(\C/C=C\C(C)C1OC(CO)=C(N=O)C1O)C(N)=O. The Bertz CT molecular complexity index is 510. The number of rotatable bonds is 8. The number of aliphatic hydroxyl groups is 2. The van der Waals surface area contributed by atoms with Gasteiger partial charge in [0, 0.05) is 11.5 Å². The van der Waals surface area contributed by atoms with Gasteiger partial charge in [-0.3, -0.25) is 4.79 Å². The molecule has 0 aromatic heterocycles. The number of carbonyl (C=O) groups is 1. The summed E-state index contributed by atoms with van der Waals surface area (Å²) in [5, 5.41) is 21.8. The van der Waals surface area contributed by atoms with Crippen molar-refractivity contribution in [3.8, 4) is 0 Å². The first-order valence-corrected chi connectivity index (χ1v) is 7.13. The average Bonchev–Trinajstić information content (AvgIpc) is 2.81. The normalized spacial score (nSPS) is 23.7. The summed E-state index contributed by atoms with van der Waals surface area (Å²) < 4.78 is 5.37. The number of aliphatic hydroxyl groups excluding tert-OH is 2. The molecule has 1 rings (SSSR count). The van der Waals surface area contributed by atoms with Crippen LogP contribution in [0.3, 0.4) is 0 Å². The zero-order valence-electron chi connectivity index (χ0n) is 12.7. The Hall–Kier alpha value is -1.99. The van der Waals surface area contributed by atoms with E-state index in [0.29, 0.717) is 18.4 Å². The van der Waals surface area contributed by atoms with Gasteiger partial charge in [-0.2, -0.15) is 0 Å². The molecule has 0 aromatic rings. The van der Waals surface area contributed by atoms with Gasteiger partial charge < -0.3 is 20.7 Å². The number of allylic oxidation sites excluding steroid dienone is 2. The molecule has 1 aliphatic rings. The lowest BCUT2D eigenvalue weighted by Gasteiger charge is -2.20. The Kier molecular flexibility index (Phi) is 6.94. The highest BCUT2D eigenvalue weighted by atomic mass is 16.5. The zero-order valence-corrected chi connectivity index (χ0v) is 12.7. The molecule has 0 bridgehead atoms. The monoisotopic (exact) mass is 310 g/mol. The highest BCUT2D eigenvalue weighted by Gasteiger charge is 2.38. The van der Waals surface area contributed by atoms with Gasteiger partial charge in [-0.15, -0.1) is 4.91 Å². The first kappa shape index (κ1) is 18.1. The number of hydrogen-bond acceptors (Lipinski definition) is 6. The van der Waals surface area contributed by atoms with Crippen LogP contribution in [-0.4, -0.2) is 34.9 Å². The van der Waals surface area contributed by atoms with Crippen molar-refractivity contribution in [3.05, 3.63) is 40.2 Å². The molecule has 4 N–H and O–H groups in total. The summed E-state index contributed by atoms with van der Waals surface area (Å²) in [6.45, 7) is 3.21. The fourth-order valence-electron chi connectivity index (χ4n) is 2.28. The highest BCUT2D eigenvalue weighted by molar-refractivity contribution is 5.92. The molecule has 0 saturated heterocycles. The minimum Gasteiger partial charge on any atom is -0.486 e. The Morgan fingerprint density at radius 3 is 2.68 bits per heavy atom. The van der Waals surface area contributed by atoms with Crippen LogP contribution in [0, 0.1) is 10.8 Å². The van der Waals surface area contributed by atoms with Crippen LogP contribution >= 0.6 is 0 Å². The summed E-state index contributed by atoms with van der Waals surface area (Å²) in [6.07, 6.45) is 4.51. The second-order valence-corrected chi connectivity index (χ2v) is 5.08. The second-order valence-electron chi connectivity index (χ2n) is 5.08. The molecule has 122 valence electrons. The van der Waals surface area contributed by atoms with Gasteiger partial charge >= 0.3 is 0 Å². The van der Waals surface area contributed by atoms with Gasteiger partial charge in [0.25, 0.3) is 0 Å². The number of hydrogen-bond donors (Lipinski definition) is 3. The number of carbonyl (C=O) groups excluding carboxylic acids is 1. The van der Waals surface area contributed by atoms with E-state index in [4.69, 9.17) is 15.6 Å². The molecule has 3 unspecified atom stereocenters. The van der Waals surface area contributed by atoms with Crippen LogP contribution in [0.15, 0.2) is 40.4 Å². The Morgan fingerprint density at radius 1 is 1.55 bits per heavy atom. The van der Waals surface area contributed by atoms with E-state index in [9.17, 15) is 14.8 Å². The molecule has 22 heavy (non-hydrogen) atoms. The third kappa shape index (κ3) is 4.25. The smallest absolute Gasteiger partial charge is 0.244 e. The van der Waals surface area contributed by atoms with Crippen LogP contribution in [-0.2, 0) is 9.53 Å². The molecule has 0 radical (unpaired) electrons. The van der Waals surface area contributed by atoms with Gasteiger partial charge in [0.2, 0.25) is 5.91 Å². The fourth-order valence-corrected chi connectivity index (χ4v) is 2.28. The number of nitrogens with two attached hydrogens (primary N) is 1. The largest absolute Gasteiger partial charge is 0.486 e. The highest BCUT2D eigenvalue weighted by Crippen LogP contribution is 2.31. The maximum Gasteiger partial charge on any atom is 0.244 e. The average molecular weight is 310 g/mol. The van der Waals surface area contributed by atoms with Crippen LogP contribution in [0.4, 0.5) is 0 Å². The molecule has 7 nitrogen and oxygen atoms in total. The lowest BCUT2D eigenvalue weighted by atomic mass is 9.98. The Morgan fingerprint density at radius 2 is 2.23 bits per heavy atom. The van der Waals surface area contributed by atoms with Crippen LogP contribution < -0.4 is 5.73 Å². The molecule has 0 fully saturated rings. The van der Waals surface area contributed by atoms with Gasteiger partial charge in [-0.25, -0.2) is 0 Å². The van der Waals surface area contributed by atoms with Crippen molar-refractivity contribution in [1.29, 1.82) is 0 Å². The topological polar surface area (TPSA) is 122 Å². The van der Waals surface area contributed by atoms with E-state index in [2.05, 4.69) is 5.18 Å². The molecule has 0 aromatic carbocycles. The molecule has 7 heteroatoms. The van der Waals surface area contributed by atoms with Gasteiger partial charge in [-0.1, -0.05) is 32.1 Å². The van der Waals surface area contributed by atoms with Crippen molar-refractivity contribution in [2.75, 3.05) is 6.61 Å². The number of ether oxygens (including phenoxy) is 1. The summed E-state index contributed by atoms with van der Waals surface area (Å²) in [5.74, 6) is -0.712. The maximum atomic E-state index is 11.2. The number of primary amides is 1. The van der Waals surface area contributed by atoms with Crippen molar-refractivity contribution in [3.63, 3.8) is 0 Å². The number of amides is 1. The predicted octanol–water partition coefficient (Wildman–Crippen LogP) is 1.12. The second kappa shape index (κ2) is 8.45. The van der Waals surface area contributed by atoms with Crippen molar-refractivity contribution < 1.29 is 19.7 Å². The third-order valence-corrected chi connectivity index (χ3v) is 3.46. The third-order valence-electron chi connectivity index (χ3n) is 3.46. The lowest BCUT2D eigenvalue weighted by molar-refractivity contribution is -0.114. The molecular weight excluding hydrogens is 288 g/mol. The van der Waals surface area contributed by atoms with Crippen LogP contribution in [0.5, 0.6) is 0 Å². The summed E-state index contributed by atoms with van der Waals surface area (Å²) in [5.41, 5.74) is 5.62. The maximum absolute atomic E-state index is 11.2. The minimum atomic E-state index is -1.18. The van der Waals surface area contributed by atoms with Crippen molar-refractivity contribution in [2.24, 2.45) is 16.8 Å². The van der Waals surface area contributed by atoms with Gasteiger partial charge in [0.05, 0.1) is 0 Å². The van der Waals surface area contributed by atoms with E-state index in [0.717, 1.165) is 0 Å². The van der Waals surface area contributed by atoms with Crippen molar-refractivity contribution >= 4 is 5.91 Å². The van der Waals surface area contributed by atoms with E-state index in [-0.39, 0.29) is 17.4 Å². The molecule has 0 spiro atoms. The molecular formula is C15H22N2O5. The van der Waals surface area contributed by atoms with E-state index in [1.165, 1.54) is 0 Å². The first-order chi connectivity index (χ1) is 10.5. The summed E-state index contributed by atoms with van der Waals surface area (Å²) in [4.78, 5) is 21.9.